The van der Waals surface area contributed by atoms with Gasteiger partial charge in [-0.3, -0.25) is 4.68 Å². The van der Waals surface area contributed by atoms with E-state index in [-0.39, 0.29) is 5.92 Å². The number of hydrogen-bond donors (Lipinski definition) is 1. The molecular weight excluding hydrogens is 226 g/mol. The molecular formula is C14H25N3O. The first-order chi connectivity index (χ1) is 8.62. The van der Waals surface area contributed by atoms with E-state index >= 15 is 0 Å². The van der Waals surface area contributed by atoms with E-state index in [9.17, 15) is 5.11 Å². The smallest absolute Gasteiger partial charge is 0.137 e. The van der Waals surface area contributed by atoms with Crippen molar-refractivity contribution in [3.63, 3.8) is 0 Å². The van der Waals surface area contributed by atoms with E-state index in [0.29, 0.717) is 13.0 Å². The number of nitrogens with zero attached hydrogens (tertiary/aromatic N) is 3. The van der Waals surface area contributed by atoms with E-state index in [4.69, 9.17) is 0 Å². The molecule has 0 spiro atoms. The highest BCUT2D eigenvalue weighted by atomic mass is 16.3. The summed E-state index contributed by atoms with van der Waals surface area (Å²) in [5, 5.41) is 14.9. The van der Waals surface area contributed by atoms with E-state index < -0.39 is 5.60 Å². The molecule has 1 aromatic heterocycles. The van der Waals surface area contributed by atoms with Crippen LogP contribution in [-0.4, -0.2) is 25.5 Å². The van der Waals surface area contributed by atoms with Crippen LogP contribution in [0.2, 0.25) is 0 Å². The van der Waals surface area contributed by atoms with Gasteiger partial charge in [-0.25, -0.2) is 4.98 Å². The Bertz CT molecular complexity index is 337. The van der Waals surface area contributed by atoms with E-state index in [1.54, 1.807) is 17.1 Å². The minimum Gasteiger partial charge on any atom is -0.387 e. The zero-order chi connectivity index (χ0) is 13.4. The molecule has 0 aliphatic carbocycles. The number of unbranched alkanes of at least 4 members (excludes halogenated alkanes) is 2. The van der Waals surface area contributed by atoms with Crippen molar-refractivity contribution in [2.45, 2.75) is 58.1 Å². The Morgan fingerprint density at radius 3 is 2.83 bits per heavy atom. The summed E-state index contributed by atoms with van der Waals surface area (Å²) < 4.78 is 1.69. The summed E-state index contributed by atoms with van der Waals surface area (Å²) in [6, 6.07) is 0. The number of hydrogen-bond acceptors (Lipinski definition) is 3. The van der Waals surface area contributed by atoms with Gasteiger partial charge in [-0.1, -0.05) is 39.2 Å². The van der Waals surface area contributed by atoms with Crippen molar-refractivity contribution in [2.24, 2.45) is 5.92 Å². The first kappa shape index (κ1) is 14.9. The van der Waals surface area contributed by atoms with Crippen LogP contribution in [0.5, 0.6) is 0 Å². The van der Waals surface area contributed by atoms with Crippen LogP contribution >= 0.6 is 0 Å². The topological polar surface area (TPSA) is 50.9 Å². The molecule has 2 unspecified atom stereocenters. The van der Waals surface area contributed by atoms with Gasteiger partial charge >= 0.3 is 0 Å². The predicted molar refractivity (Wildman–Crippen MR) is 73.1 cm³/mol. The molecule has 1 rings (SSSR count). The van der Waals surface area contributed by atoms with Crippen LogP contribution in [-0.2, 0) is 6.54 Å². The van der Waals surface area contributed by atoms with Gasteiger partial charge in [-0.05, 0) is 18.8 Å². The molecule has 1 aromatic rings. The normalized spacial score (nSPS) is 16.2. The summed E-state index contributed by atoms with van der Waals surface area (Å²) in [4.78, 5) is 3.92. The Hall–Kier alpha value is -1.16. The van der Waals surface area contributed by atoms with Crippen molar-refractivity contribution in [2.75, 3.05) is 0 Å². The highest BCUT2D eigenvalue weighted by Gasteiger charge is 2.32. The number of rotatable bonds is 9. The molecule has 0 bridgehead atoms. The molecule has 0 aromatic carbocycles. The van der Waals surface area contributed by atoms with Gasteiger partial charge in [-0.2, -0.15) is 5.10 Å². The molecule has 4 nitrogen and oxygen atoms in total. The lowest BCUT2D eigenvalue weighted by Crippen LogP contribution is -2.40. The molecule has 0 saturated heterocycles. The highest BCUT2D eigenvalue weighted by Crippen LogP contribution is 2.28. The van der Waals surface area contributed by atoms with Gasteiger partial charge in [-0.15, -0.1) is 6.58 Å². The van der Waals surface area contributed by atoms with Crippen molar-refractivity contribution in [3.8, 4) is 0 Å². The Balaban J connectivity index is 2.62. The second-order valence-corrected chi connectivity index (χ2v) is 5.09. The maximum absolute atomic E-state index is 10.8. The van der Waals surface area contributed by atoms with Gasteiger partial charge < -0.3 is 5.11 Å². The third-order valence-electron chi connectivity index (χ3n) is 3.56. The van der Waals surface area contributed by atoms with Crippen LogP contribution in [0, 0.1) is 5.92 Å². The fourth-order valence-corrected chi connectivity index (χ4v) is 2.24. The molecule has 2 atom stereocenters. The quantitative estimate of drug-likeness (QED) is 0.542. The van der Waals surface area contributed by atoms with E-state index in [0.717, 1.165) is 12.8 Å². The summed E-state index contributed by atoms with van der Waals surface area (Å²) in [7, 11) is 0. The largest absolute Gasteiger partial charge is 0.387 e. The van der Waals surface area contributed by atoms with Crippen molar-refractivity contribution >= 4 is 0 Å². The Morgan fingerprint density at radius 2 is 2.28 bits per heavy atom. The molecule has 0 saturated carbocycles. The molecule has 1 N–H and O–H groups in total. The number of aromatic nitrogens is 3. The van der Waals surface area contributed by atoms with Gasteiger partial charge in [0.1, 0.15) is 12.7 Å². The van der Waals surface area contributed by atoms with E-state index in [1.807, 2.05) is 0 Å². The molecule has 4 heteroatoms. The lowest BCUT2D eigenvalue weighted by molar-refractivity contribution is -0.0311. The van der Waals surface area contributed by atoms with Crippen LogP contribution in [0.3, 0.4) is 0 Å². The molecule has 18 heavy (non-hydrogen) atoms. The zero-order valence-corrected chi connectivity index (χ0v) is 11.5. The zero-order valence-electron chi connectivity index (χ0n) is 11.5. The van der Waals surface area contributed by atoms with Gasteiger partial charge in [0.05, 0.1) is 12.1 Å². The van der Waals surface area contributed by atoms with Crippen molar-refractivity contribution < 1.29 is 5.11 Å². The standard InChI is InChI=1S/C14H25N3O/c1-4-6-7-8-13(3)14(18,9-5-2)10-17-12-15-11-16-17/h5,11-13,18H,2,4,6-10H2,1,3H3. The van der Waals surface area contributed by atoms with Crippen molar-refractivity contribution in [3.05, 3.63) is 25.3 Å². The predicted octanol–water partition coefficient (Wildman–Crippen LogP) is 2.80. The Morgan fingerprint density at radius 1 is 1.50 bits per heavy atom. The Kier molecular flexibility index (Phi) is 6.05. The first-order valence-electron chi connectivity index (χ1n) is 6.78. The fraction of sp³-hybridized carbons (Fsp3) is 0.714. The molecule has 1 heterocycles. The third kappa shape index (κ3) is 4.26. The summed E-state index contributed by atoms with van der Waals surface area (Å²) in [6.45, 7) is 8.52. The summed E-state index contributed by atoms with van der Waals surface area (Å²) in [5.41, 5.74) is -0.775. The van der Waals surface area contributed by atoms with Gasteiger partial charge in [0.15, 0.2) is 0 Å². The minimum absolute atomic E-state index is 0.228. The van der Waals surface area contributed by atoms with Gasteiger partial charge in [0.2, 0.25) is 0 Å². The summed E-state index contributed by atoms with van der Waals surface area (Å²) in [5.74, 6) is 0.228. The highest BCUT2D eigenvalue weighted by molar-refractivity contribution is 4.90. The lowest BCUT2D eigenvalue weighted by atomic mass is 9.82. The lowest BCUT2D eigenvalue weighted by Gasteiger charge is -2.33. The van der Waals surface area contributed by atoms with Crippen LogP contribution < -0.4 is 0 Å². The first-order valence-corrected chi connectivity index (χ1v) is 6.78. The molecule has 0 aliphatic rings. The molecule has 0 fully saturated rings. The van der Waals surface area contributed by atoms with Crippen molar-refractivity contribution in [1.29, 1.82) is 0 Å². The summed E-state index contributed by atoms with van der Waals surface area (Å²) >= 11 is 0. The molecule has 102 valence electrons. The fourth-order valence-electron chi connectivity index (χ4n) is 2.24. The average Bonchev–Trinajstić information content (AvgIpc) is 2.82. The van der Waals surface area contributed by atoms with Gasteiger partial charge in [0.25, 0.3) is 0 Å². The van der Waals surface area contributed by atoms with E-state index in [1.165, 1.54) is 19.2 Å². The second kappa shape index (κ2) is 7.31. The molecule has 0 aliphatic heterocycles. The van der Waals surface area contributed by atoms with Crippen LogP contribution in [0.4, 0.5) is 0 Å². The molecule has 0 amide bonds. The number of aliphatic hydroxyl groups is 1. The van der Waals surface area contributed by atoms with E-state index in [2.05, 4.69) is 30.5 Å². The second-order valence-electron chi connectivity index (χ2n) is 5.09. The maximum Gasteiger partial charge on any atom is 0.137 e. The molecule has 0 radical (unpaired) electrons. The third-order valence-corrected chi connectivity index (χ3v) is 3.56. The maximum atomic E-state index is 10.8. The van der Waals surface area contributed by atoms with Crippen LogP contribution in [0.25, 0.3) is 0 Å². The van der Waals surface area contributed by atoms with Crippen LogP contribution in [0.1, 0.15) is 46.0 Å². The van der Waals surface area contributed by atoms with Crippen molar-refractivity contribution in [1.82, 2.24) is 14.8 Å². The Labute approximate surface area is 110 Å². The minimum atomic E-state index is -0.775. The van der Waals surface area contributed by atoms with Gasteiger partial charge in [0, 0.05) is 0 Å². The SMILES string of the molecule is C=CCC(O)(Cn1cncn1)C(C)CCCCC. The summed E-state index contributed by atoms with van der Waals surface area (Å²) in [6.07, 6.45) is 10.1. The monoisotopic (exact) mass is 251 g/mol. The average molecular weight is 251 g/mol. The van der Waals surface area contributed by atoms with Crippen LogP contribution in [0.15, 0.2) is 25.3 Å².